The number of fused-ring (bicyclic) bond motifs is 1. The van der Waals surface area contributed by atoms with Gasteiger partial charge in [0.1, 0.15) is 11.5 Å². The fourth-order valence-corrected chi connectivity index (χ4v) is 3.45. The molecular formula is C16H12CuN2Na2O8S2+2. The number of nitrogens with one attached hydrogen (secondary N) is 1. The van der Waals surface area contributed by atoms with E-state index in [1.54, 1.807) is 0 Å². The molecule has 0 amide bonds. The van der Waals surface area contributed by atoms with E-state index < -0.39 is 36.7 Å². The van der Waals surface area contributed by atoms with Gasteiger partial charge in [-0.15, -0.1) is 0 Å². The third-order valence-corrected chi connectivity index (χ3v) is 5.48. The first-order chi connectivity index (χ1) is 13.0. The molecule has 15 heteroatoms. The van der Waals surface area contributed by atoms with Crippen molar-refractivity contribution in [1.82, 2.24) is 0 Å². The predicted molar refractivity (Wildman–Crippen MR) is 98.4 cm³/mol. The number of phenols is 1. The minimum atomic E-state index is -4.52. The number of ketones is 1. The van der Waals surface area contributed by atoms with Crippen molar-refractivity contribution in [3.05, 3.63) is 53.6 Å². The summed E-state index contributed by atoms with van der Waals surface area (Å²) in [6.07, 6.45) is 2.48. The van der Waals surface area contributed by atoms with Gasteiger partial charge in [-0.25, -0.2) is 0 Å². The molecule has 0 saturated carbocycles. The van der Waals surface area contributed by atoms with Crippen molar-refractivity contribution in [2.24, 2.45) is 5.10 Å². The summed E-state index contributed by atoms with van der Waals surface area (Å²) in [5.41, 5.74) is 2.56. The minimum Gasteiger partial charge on any atom is -0.506 e. The van der Waals surface area contributed by atoms with Gasteiger partial charge < -0.3 is 5.11 Å². The Morgan fingerprint density at radius 3 is 1.97 bits per heavy atom. The molecule has 0 atom stereocenters. The molecule has 157 valence electrons. The van der Waals surface area contributed by atoms with Gasteiger partial charge in [-0.1, -0.05) is 12.1 Å². The van der Waals surface area contributed by atoms with Crippen LogP contribution in [0.2, 0.25) is 0 Å². The summed E-state index contributed by atoms with van der Waals surface area (Å²) in [6, 6.07) is 6.42. The topological polar surface area (TPSA) is 170 Å². The molecule has 0 aliphatic heterocycles. The van der Waals surface area contributed by atoms with E-state index in [9.17, 15) is 26.7 Å². The van der Waals surface area contributed by atoms with Gasteiger partial charge in [-0.2, -0.15) is 21.9 Å². The average molecular weight is 534 g/mol. The zero-order valence-electron chi connectivity index (χ0n) is 16.1. The second kappa shape index (κ2) is 11.5. The Labute approximate surface area is 232 Å². The second-order valence-corrected chi connectivity index (χ2v) is 8.49. The summed E-state index contributed by atoms with van der Waals surface area (Å²) in [5, 5.41) is 13.7. The van der Waals surface area contributed by atoms with E-state index in [-0.39, 0.29) is 98.0 Å². The molecule has 10 nitrogen and oxygen atoms in total. The Kier molecular flexibility index (Phi) is 11.3. The van der Waals surface area contributed by atoms with E-state index in [0.717, 1.165) is 36.4 Å². The molecule has 0 aromatic heterocycles. The van der Waals surface area contributed by atoms with Crippen LogP contribution in [-0.4, -0.2) is 42.5 Å². The zero-order valence-corrected chi connectivity index (χ0v) is 22.6. The SMILES string of the molecule is O=C1C=Cc2cc(S(=O)(=O)O)ccc2/C1=N/Nc1cc(S(=O)(=O)O)ccc1O.[Cu].[Na+].[Na+]. The molecule has 0 heterocycles. The zero-order chi connectivity index (χ0) is 20.7. The summed E-state index contributed by atoms with van der Waals surface area (Å²) in [4.78, 5) is 11.3. The van der Waals surface area contributed by atoms with Gasteiger partial charge in [0.05, 0.1) is 15.5 Å². The summed E-state index contributed by atoms with van der Waals surface area (Å²) < 4.78 is 63.1. The van der Waals surface area contributed by atoms with Crippen molar-refractivity contribution < 1.29 is 112 Å². The van der Waals surface area contributed by atoms with Crippen LogP contribution in [0.3, 0.4) is 0 Å². The number of allylic oxidation sites excluding steroid dienone is 1. The summed E-state index contributed by atoms with van der Waals surface area (Å²) in [5.74, 6) is -0.928. The molecule has 0 saturated heterocycles. The Morgan fingerprint density at radius 1 is 0.839 bits per heavy atom. The number of nitrogens with zero attached hydrogens (tertiary/aromatic N) is 1. The van der Waals surface area contributed by atoms with E-state index in [0.29, 0.717) is 5.56 Å². The Bertz CT molecular complexity index is 1280. The minimum absolute atomic E-state index is 0. The fraction of sp³-hybridized carbons (Fsp3) is 0. The molecule has 0 fully saturated rings. The van der Waals surface area contributed by atoms with E-state index in [2.05, 4.69) is 10.5 Å². The summed E-state index contributed by atoms with van der Waals surface area (Å²) in [6.45, 7) is 0. The fourth-order valence-electron chi connectivity index (χ4n) is 2.43. The smallest absolute Gasteiger partial charge is 0.506 e. The van der Waals surface area contributed by atoms with Crippen LogP contribution in [-0.2, 0) is 42.1 Å². The van der Waals surface area contributed by atoms with Crippen LogP contribution in [0, 0.1) is 0 Å². The first kappa shape index (κ1) is 30.5. The van der Waals surface area contributed by atoms with Gasteiger partial charge in [-0.05, 0) is 42.0 Å². The summed E-state index contributed by atoms with van der Waals surface area (Å²) >= 11 is 0. The first-order valence-corrected chi connectivity index (χ1v) is 10.3. The van der Waals surface area contributed by atoms with Crippen molar-refractivity contribution >= 4 is 43.5 Å². The second-order valence-electron chi connectivity index (χ2n) is 5.65. The Hall–Kier alpha value is -0.541. The molecule has 0 spiro atoms. The maximum absolute atomic E-state index is 12.1. The number of hydrazone groups is 1. The monoisotopic (exact) mass is 533 g/mol. The molecule has 1 aliphatic carbocycles. The van der Waals surface area contributed by atoms with Crippen LogP contribution in [0.4, 0.5) is 5.69 Å². The van der Waals surface area contributed by atoms with Crippen molar-refractivity contribution in [1.29, 1.82) is 0 Å². The van der Waals surface area contributed by atoms with Crippen LogP contribution in [0.1, 0.15) is 11.1 Å². The van der Waals surface area contributed by atoms with E-state index in [4.69, 9.17) is 9.11 Å². The molecule has 3 rings (SSSR count). The number of carbonyl (C=O) groups excluding carboxylic acids is 1. The number of carbonyl (C=O) groups is 1. The molecule has 1 radical (unpaired) electrons. The quantitative estimate of drug-likeness (QED) is 0.130. The molecule has 0 unspecified atom stereocenters. The van der Waals surface area contributed by atoms with E-state index in [1.807, 2.05) is 0 Å². The molecule has 2 aromatic carbocycles. The van der Waals surface area contributed by atoms with Gasteiger partial charge in [0.2, 0.25) is 5.78 Å². The number of anilines is 1. The van der Waals surface area contributed by atoms with Crippen molar-refractivity contribution in [2.75, 3.05) is 5.43 Å². The van der Waals surface area contributed by atoms with Crippen LogP contribution in [0.25, 0.3) is 6.08 Å². The van der Waals surface area contributed by atoms with Gasteiger partial charge in [0.25, 0.3) is 20.2 Å². The third kappa shape index (κ3) is 7.22. The number of rotatable bonds is 4. The summed E-state index contributed by atoms with van der Waals surface area (Å²) in [7, 11) is -8.96. The van der Waals surface area contributed by atoms with Crippen LogP contribution in [0.15, 0.2) is 57.4 Å². The first-order valence-electron chi connectivity index (χ1n) is 7.45. The molecule has 0 bridgehead atoms. The Balaban J connectivity index is 0.00000300. The maximum atomic E-state index is 12.1. The number of aromatic hydroxyl groups is 1. The van der Waals surface area contributed by atoms with Crippen LogP contribution in [0.5, 0.6) is 5.75 Å². The van der Waals surface area contributed by atoms with Crippen molar-refractivity contribution in [3.63, 3.8) is 0 Å². The van der Waals surface area contributed by atoms with Crippen molar-refractivity contribution in [2.45, 2.75) is 9.79 Å². The standard InChI is InChI=1S/C16H12N2O8S2.Cu.2Na/c19-14-6-3-11(28(24,25)26)8-13(14)17-18-16-12-4-2-10(27(21,22)23)7-9(12)1-5-15(16)20;;;/h1-8,17,19H,(H,21,22,23)(H,24,25,26);;;/q;;2*+1/b18-16-;;;. The van der Waals surface area contributed by atoms with Gasteiger partial charge in [0, 0.05) is 22.6 Å². The maximum Gasteiger partial charge on any atom is 1.00 e. The molecule has 2 aromatic rings. The van der Waals surface area contributed by atoms with Crippen molar-refractivity contribution in [3.8, 4) is 5.75 Å². The van der Waals surface area contributed by atoms with Crippen LogP contribution < -0.4 is 64.5 Å². The van der Waals surface area contributed by atoms with Crippen LogP contribution >= 0.6 is 0 Å². The van der Waals surface area contributed by atoms with Gasteiger partial charge in [0.15, 0.2) is 0 Å². The number of hydrogen-bond acceptors (Lipinski definition) is 8. The molecule has 31 heavy (non-hydrogen) atoms. The molecule has 1 aliphatic rings. The van der Waals surface area contributed by atoms with E-state index in [1.165, 1.54) is 12.1 Å². The predicted octanol–water partition coefficient (Wildman–Crippen LogP) is -4.70. The Morgan fingerprint density at radius 2 is 1.39 bits per heavy atom. The number of benzene rings is 2. The number of phenolic OH excluding ortho intramolecular Hbond substituents is 1. The van der Waals surface area contributed by atoms with Gasteiger partial charge in [-0.3, -0.25) is 19.3 Å². The van der Waals surface area contributed by atoms with Gasteiger partial charge >= 0.3 is 59.1 Å². The molecule has 4 N–H and O–H groups in total. The molecular weight excluding hydrogens is 522 g/mol. The average Bonchev–Trinajstić information content (AvgIpc) is 2.60. The number of hydrogen-bond donors (Lipinski definition) is 4. The normalized spacial score (nSPS) is 14.0. The largest absolute Gasteiger partial charge is 1.00 e. The van der Waals surface area contributed by atoms with E-state index >= 15 is 0 Å². The third-order valence-electron chi connectivity index (χ3n) is 3.78.